The van der Waals surface area contributed by atoms with Crippen LogP contribution in [0.4, 0.5) is 5.69 Å². The molecule has 1 amide bonds. The Morgan fingerprint density at radius 2 is 1.81 bits per heavy atom. The second-order valence-corrected chi connectivity index (χ2v) is 6.91. The van der Waals surface area contributed by atoms with Crippen LogP contribution in [0, 0.1) is 0 Å². The Morgan fingerprint density at radius 3 is 2.48 bits per heavy atom. The van der Waals surface area contributed by atoms with Crippen LogP contribution in [0.1, 0.15) is 24.9 Å². The third-order valence-corrected chi connectivity index (χ3v) is 5.01. The number of methoxy groups -OCH3 is 1. The first-order valence-electron chi connectivity index (χ1n) is 9.67. The molecule has 0 aliphatic carbocycles. The van der Waals surface area contributed by atoms with Gasteiger partial charge in [-0.1, -0.05) is 43.3 Å². The van der Waals surface area contributed by atoms with Crippen LogP contribution in [0.2, 0.25) is 0 Å². The molecule has 1 atom stereocenters. The number of amides is 1. The van der Waals surface area contributed by atoms with Gasteiger partial charge < -0.3 is 15.0 Å². The van der Waals surface area contributed by atoms with Crippen LogP contribution in [0.5, 0.6) is 5.75 Å². The van der Waals surface area contributed by atoms with Crippen molar-refractivity contribution in [2.24, 2.45) is 0 Å². The summed E-state index contributed by atoms with van der Waals surface area (Å²) in [6, 6.07) is 17.2. The molecule has 1 aliphatic rings. The Labute approximate surface area is 161 Å². The molecule has 0 bridgehead atoms. The summed E-state index contributed by atoms with van der Waals surface area (Å²) in [7, 11) is 1.63. The number of nitrogens with one attached hydrogen (secondary N) is 1. The lowest BCUT2D eigenvalue weighted by Crippen LogP contribution is -2.50. The maximum Gasteiger partial charge on any atom is 0.246 e. The van der Waals surface area contributed by atoms with Crippen LogP contribution >= 0.6 is 0 Å². The Hall–Kier alpha value is -2.37. The zero-order chi connectivity index (χ0) is 19.1. The first kappa shape index (κ1) is 19.4. The molecule has 0 saturated carbocycles. The van der Waals surface area contributed by atoms with E-state index in [0.29, 0.717) is 0 Å². The van der Waals surface area contributed by atoms with Gasteiger partial charge >= 0.3 is 0 Å². The first-order chi connectivity index (χ1) is 13.2. The van der Waals surface area contributed by atoms with E-state index < -0.39 is 0 Å². The van der Waals surface area contributed by atoms with Crippen molar-refractivity contribution in [3.63, 3.8) is 0 Å². The minimum absolute atomic E-state index is 0.00149. The van der Waals surface area contributed by atoms with Gasteiger partial charge in [-0.05, 0) is 30.7 Å². The van der Waals surface area contributed by atoms with Gasteiger partial charge in [-0.3, -0.25) is 9.69 Å². The molecule has 27 heavy (non-hydrogen) atoms. The minimum atomic E-state index is -0.291. The number of hydrogen-bond acceptors (Lipinski definition) is 4. The number of nitrogens with zero attached hydrogens (tertiary/aromatic N) is 2. The molecule has 5 heteroatoms. The first-order valence-corrected chi connectivity index (χ1v) is 9.67. The molecule has 1 saturated heterocycles. The van der Waals surface area contributed by atoms with Crippen LogP contribution in [0.3, 0.4) is 0 Å². The number of benzene rings is 2. The molecule has 2 aromatic rings. The average Bonchev–Trinajstić information content (AvgIpc) is 2.71. The predicted molar refractivity (Wildman–Crippen MR) is 109 cm³/mol. The van der Waals surface area contributed by atoms with E-state index in [0.717, 1.165) is 49.7 Å². The highest BCUT2D eigenvalue weighted by atomic mass is 16.5. The highest BCUT2D eigenvalue weighted by molar-refractivity contribution is 5.95. The summed E-state index contributed by atoms with van der Waals surface area (Å²) in [6.45, 7) is 7.13. The molecule has 3 rings (SSSR count). The Balaban J connectivity index is 1.77. The van der Waals surface area contributed by atoms with Crippen LogP contribution in [0.25, 0.3) is 0 Å². The molecule has 0 radical (unpaired) electrons. The summed E-state index contributed by atoms with van der Waals surface area (Å²) < 4.78 is 5.27. The van der Waals surface area contributed by atoms with Crippen LogP contribution in [0.15, 0.2) is 54.6 Å². The van der Waals surface area contributed by atoms with Gasteiger partial charge in [0.05, 0.1) is 7.11 Å². The van der Waals surface area contributed by atoms with Crippen molar-refractivity contribution in [1.29, 1.82) is 0 Å². The molecule has 1 aliphatic heterocycles. The lowest BCUT2D eigenvalue weighted by Gasteiger charge is -2.38. The number of ether oxygens (including phenoxy) is 1. The normalized spacial score (nSPS) is 16.7. The van der Waals surface area contributed by atoms with Gasteiger partial charge in [0.1, 0.15) is 11.8 Å². The fourth-order valence-corrected chi connectivity index (χ4v) is 3.64. The standard InChI is InChI=1S/C22H29N3O2/c1-3-12-24-13-15-25(16-14-24)21(18-8-5-4-6-9-18)22(26)23-19-10-7-11-20(17-19)27-2/h4-11,17,21H,3,12-16H2,1-2H3,(H,23,26)/t21-/m0/s1. The fraction of sp³-hybridized carbons (Fsp3) is 0.409. The van der Waals surface area contributed by atoms with Gasteiger partial charge in [-0.15, -0.1) is 0 Å². The fourth-order valence-electron chi connectivity index (χ4n) is 3.64. The molecular weight excluding hydrogens is 338 g/mol. The maximum atomic E-state index is 13.2. The number of anilines is 1. The van der Waals surface area contributed by atoms with E-state index in [2.05, 4.69) is 22.0 Å². The number of hydrogen-bond donors (Lipinski definition) is 1. The second kappa shape index (κ2) is 9.53. The molecule has 0 spiro atoms. The van der Waals surface area contributed by atoms with Gasteiger partial charge in [-0.25, -0.2) is 0 Å². The van der Waals surface area contributed by atoms with Crippen molar-refractivity contribution < 1.29 is 9.53 Å². The third kappa shape index (κ3) is 5.08. The van der Waals surface area contributed by atoms with Crippen molar-refractivity contribution in [2.45, 2.75) is 19.4 Å². The highest BCUT2D eigenvalue weighted by Crippen LogP contribution is 2.25. The van der Waals surface area contributed by atoms with Gasteiger partial charge in [-0.2, -0.15) is 0 Å². The van der Waals surface area contributed by atoms with E-state index in [1.54, 1.807) is 7.11 Å². The van der Waals surface area contributed by atoms with Gasteiger partial charge in [0.15, 0.2) is 0 Å². The summed E-state index contributed by atoms with van der Waals surface area (Å²) >= 11 is 0. The molecule has 0 unspecified atom stereocenters. The molecule has 144 valence electrons. The molecule has 1 fully saturated rings. The van der Waals surface area contributed by atoms with Crippen LogP contribution in [-0.4, -0.2) is 55.5 Å². The second-order valence-electron chi connectivity index (χ2n) is 6.91. The Kier molecular flexibility index (Phi) is 6.85. The van der Waals surface area contributed by atoms with E-state index in [4.69, 9.17) is 4.74 Å². The Bertz CT molecular complexity index is 727. The molecule has 5 nitrogen and oxygen atoms in total. The minimum Gasteiger partial charge on any atom is -0.497 e. The molecule has 1 heterocycles. The lowest BCUT2D eigenvalue weighted by atomic mass is 10.0. The Morgan fingerprint density at radius 1 is 1.07 bits per heavy atom. The van der Waals surface area contributed by atoms with Crippen LogP contribution < -0.4 is 10.1 Å². The van der Waals surface area contributed by atoms with E-state index in [9.17, 15) is 4.79 Å². The summed E-state index contributed by atoms with van der Waals surface area (Å²) in [5, 5.41) is 3.07. The summed E-state index contributed by atoms with van der Waals surface area (Å²) in [6.07, 6.45) is 1.17. The van der Waals surface area contributed by atoms with Gasteiger partial charge in [0, 0.05) is 37.9 Å². The quantitative estimate of drug-likeness (QED) is 0.815. The molecule has 0 aromatic heterocycles. The summed E-state index contributed by atoms with van der Waals surface area (Å²) in [5.74, 6) is 0.732. The third-order valence-electron chi connectivity index (χ3n) is 5.01. The van der Waals surface area contributed by atoms with Crippen molar-refractivity contribution in [3.05, 3.63) is 60.2 Å². The van der Waals surface area contributed by atoms with Crippen LogP contribution in [-0.2, 0) is 4.79 Å². The van der Waals surface area contributed by atoms with E-state index in [-0.39, 0.29) is 11.9 Å². The predicted octanol–water partition coefficient (Wildman–Crippen LogP) is 3.40. The monoisotopic (exact) mass is 367 g/mol. The zero-order valence-corrected chi connectivity index (χ0v) is 16.2. The molecule has 1 N–H and O–H groups in total. The number of rotatable bonds is 7. The zero-order valence-electron chi connectivity index (χ0n) is 16.2. The largest absolute Gasteiger partial charge is 0.497 e. The van der Waals surface area contributed by atoms with Crippen molar-refractivity contribution >= 4 is 11.6 Å². The molecular formula is C22H29N3O2. The summed E-state index contributed by atoms with van der Waals surface area (Å²) in [4.78, 5) is 18.0. The summed E-state index contributed by atoms with van der Waals surface area (Å²) in [5.41, 5.74) is 1.78. The molecule has 2 aromatic carbocycles. The lowest BCUT2D eigenvalue weighted by molar-refractivity contribution is -0.122. The van der Waals surface area contributed by atoms with Crippen molar-refractivity contribution in [1.82, 2.24) is 9.80 Å². The van der Waals surface area contributed by atoms with Crippen molar-refractivity contribution in [2.75, 3.05) is 45.2 Å². The topological polar surface area (TPSA) is 44.8 Å². The van der Waals surface area contributed by atoms with E-state index in [1.807, 2.05) is 54.6 Å². The van der Waals surface area contributed by atoms with Crippen molar-refractivity contribution in [3.8, 4) is 5.75 Å². The van der Waals surface area contributed by atoms with Gasteiger partial charge in [0.2, 0.25) is 5.91 Å². The maximum absolute atomic E-state index is 13.2. The number of carbonyl (C=O) groups is 1. The van der Waals surface area contributed by atoms with E-state index in [1.165, 1.54) is 6.42 Å². The number of carbonyl (C=O) groups excluding carboxylic acids is 1. The smallest absolute Gasteiger partial charge is 0.246 e. The number of piperazine rings is 1. The average molecular weight is 367 g/mol. The highest BCUT2D eigenvalue weighted by Gasteiger charge is 2.30. The van der Waals surface area contributed by atoms with Gasteiger partial charge in [0.25, 0.3) is 0 Å². The van der Waals surface area contributed by atoms with E-state index >= 15 is 0 Å². The SMILES string of the molecule is CCCN1CCN([C@H](C(=O)Nc2cccc(OC)c2)c2ccccc2)CC1.